The number of ether oxygens (including phenoxy) is 1. The van der Waals surface area contributed by atoms with Gasteiger partial charge in [0.15, 0.2) is 0 Å². The molecule has 2 rings (SSSR count). The van der Waals surface area contributed by atoms with Crippen LogP contribution in [0.25, 0.3) is 11.0 Å². The fourth-order valence-corrected chi connectivity index (χ4v) is 1.63. The minimum Gasteiger partial charge on any atom is -0.497 e. The van der Waals surface area contributed by atoms with Crippen molar-refractivity contribution < 1.29 is 13.9 Å². The normalized spacial score (nSPS) is 10.4. The van der Waals surface area contributed by atoms with E-state index in [1.807, 2.05) is 6.07 Å². The number of furan rings is 1. The van der Waals surface area contributed by atoms with E-state index in [4.69, 9.17) is 14.9 Å². The van der Waals surface area contributed by atoms with Crippen LogP contribution >= 0.6 is 0 Å². The van der Waals surface area contributed by atoms with Crippen molar-refractivity contribution >= 4 is 22.6 Å². The van der Waals surface area contributed by atoms with Gasteiger partial charge in [-0.25, -0.2) is 0 Å². The molecule has 0 bridgehead atoms. The standard InChI is InChI=1S/C11H12N2O3/c1-13-9-7-4-3-6(15-2)5-8(7)16-10(9)11(12)14/h3-5,13H,1-2H3,(H2,12,14). The smallest absolute Gasteiger partial charge is 0.286 e. The van der Waals surface area contributed by atoms with Gasteiger partial charge in [-0.15, -0.1) is 0 Å². The minimum atomic E-state index is -0.598. The maximum Gasteiger partial charge on any atom is 0.286 e. The van der Waals surface area contributed by atoms with Gasteiger partial charge in [0.25, 0.3) is 5.91 Å². The Labute approximate surface area is 92.2 Å². The maximum absolute atomic E-state index is 11.2. The van der Waals surface area contributed by atoms with E-state index in [0.29, 0.717) is 17.0 Å². The number of carbonyl (C=O) groups excluding carboxylic acids is 1. The number of benzene rings is 1. The molecule has 0 fully saturated rings. The monoisotopic (exact) mass is 220 g/mol. The Kier molecular flexibility index (Phi) is 2.44. The second-order valence-electron chi connectivity index (χ2n) is 3.28. The lowest BCUT2D eigenvalue weighted by atomic mass is 10.2. The second-order valence-corrected chi connectivity index (χ2v) is 3.28. The molecule has 5 heteroatoms. The first-order valence-corrected chi connectivity index (χ1v) is 4.75. The molecule has 1 heterocycles. The quantitative estimate of drug-likeness (QED) is 0.823. The molecule has 1 aromatic heterocycles. The number of amides is 1. The number of hydrogen-bond acceptors (Lipinski definition) is 4. The lowest BCUT2D eigenvalue weighted by Crippen LogP contribution is -2.11. The van der Waals surface area contributed by atoms with E-state index in [2.05, 4.69) is 5.32 Å². The lowest BCUT2D eigenvalue weighted by Gasteiger charge is -1.99. The van der Waals surface area contributed by atoms with Crippen LogP contribution in [0.3, 0.4) is 0 Å². The molecule has 0 aliphatic carbocycles. The molecule has 1 amide bonds. The first-order valence-electron chi connectivity index (χ1n) is 4.75. The fraction of sp³-hybridized carbons (Fsp3) is 0.182. The average molecular weight is 220 g/mol. The molecule has 0 unspecified atom stereocenters. The number of nitrogens with two attached hydrogens (primary N) is 1. The zero-order chi connectivity index (χ0) is 11.7. The van der Waals surface area contributed by atoms with Crippen molar-refractivity contribution in [2.24, 2.45) is 5.73 Å². The molecule has 3 N–H and O–H groups in total. The first kappa shape index (κ1) is 10.4. The summed E-state index contributed by atoms with van der Waals surface area (Å²) in [4.78, 5) is 11.2. The SMILES string of the molecule is CNc1c(C(N)=O)oc2cc(OC)ccc12. The minimum absolute atomic E-state index is 0.130. The Balaban J connectivity index is 2.71. The molecule has 16 heavy (non-hydrogen) atoms. The summed E-state index contributed by atoms with van der Waals surface area (Å²) in [7, 11) is 3.28. The Morgan fingerprint density at radius 3 is 2.81 bits per heavy atom. The summed E-state index contributed by atoms with van der Waals surface area (Å²) in [5.74, 6) is 0.199. The molecule has 0 saturated carbocycles. The van der Waals surface area contributed by atoms with E-state index in [1.54, 1.807) is 26.3 Å². The maximum atomic E-state index is 11.2. The fourth-order valence-electron chi connectivity index (χ4n) is 1.63. The zero-order valence-electron chi connectivity index (χ0n) is 9.03. The van der Waals surface area contributed by atoms with Gasteiger partial charge in [-0.05, 0) is 12.1 Å². The highest BCUT2D eigenvalue weighted by Crippen LogP contribution is 2.32. The highest BCUT2D eigenvalue weighted by atomic mass is 16.5. The topological polar surface area (TPSA) is 77.5 Å². The summed E-state index contributed by atoms with van der Waals surface area (Å²) in [6.45, 7) is 0. The molecule has 0 aliphatic rings. The van der Waals surface area contributed by atoms with Gasteiger partial charge < -0.3 is 20.2 Å². The van der Waals surface area contributed by atoms with Gasteiger partial charge in [0, 0.05) is 18.5 Å². The van der Waals surface area contributed by atoms with E-state index < -0.39 is 5.91 Å². The molecular formula is C11H12N2O3. The van der Waals surface area contributed by atoms with Crippen molar-refractivity contribution in [2.45, 2.75) is 0 Å². The predicted molar refractivity (Wildman–Crippen MR) is 60.8 cm³/mol. The molecule has 1 aromatic carbocycles. The number of rotatable bonds is 3. The summed E-state index contributed by atoms with van der Waals surface area (Å²) in [5, 5.41) is 3.70. The van der Waals surface area contributed by atoms with Crippen molar-refractivity contribution in [2.75, 3.05) is 19.5 Å². The molecule has 0 saturated heterocycles. The van der Waals surface area contributed by atoms with Crippen LogP contribution in [0.15, 0.2) is 22.6 Å². The summed E-state index contributed by atoms with van der Waals surface area (Å²) in [6, 6.07) is 5.32. The number of methoxy groups -OCH3 is 1. The van der Waals surface area contributed by atoms with Crippen LogP contribution < -0.4 is 15.8 Å². The summed E-state index contributed by atoms with van der Waals surface area (Å²) >= 11 is 0. The molecule has 5 nitrogen and oxygen atoms in total. The Hall–Kier alpha value is -2.17. The average Bonchev–Trinajstić information content (AvgIpc) is 2.66. The first-order chi connectivity index (χ1) is 7.67. The van der Waals surface area contributed by atoms with Crippen LogP contribution in [0.1, 0.15) is 10.6 Å². The predicted octanol–water partition coefficient (Wildman–Crippen LogP) is 1.58. The number of primary amides is 1. The Morgan fingerprint density at radius 2 is 2.25 bits per heavy atom. The second kappa shape index (κ2) is 3.77. The van der Waals surface area contributed by atoms with Crippen LogP contribution in [0.5, 0.6) is 5.75 Å². The van der Waals surface area contributed by atoms with Crippen molar-refractivity contribution in [3.63, 3.8) is 0 Å². The van der Waals surface area contributed by atoms with Crippen LogP contribution in [0.2, 0.25) is 0 Å². The van der Waals surface area contributed by atoms with Gasteiger partial charge in [0.1, 0.15) is 11.3 Å². The van der Waals surface area contributed by atoms with Crippen molar-refractivity contribution in [3.05, 3.63) is 24.0 Å². The van der Waals surface area contributed by atoms with Gasteiger partial charge >= 0.3 is 0 Å². The molecular weight excluding hydrogens is 208 g/mol. The number of nitrogens with one attached hydrogen (secondary N) is 1. The van der Waals surface area contributed by atoms with Gasteiger partial charge in [-0.3, -0.25) is 4.79 Å². The largest absolute Gasteiger partial charge is 0.497 e. The van der Waals surface area contributed by atoms with Crippen molar-refractivity contribution in [3.8, 4) is 5.75 Å². The summed E-state index contributed by atoms with van der Waals surface area (Å²) < 4.78 is 10.4. The molecule has 0 aliphatic heterocycles. The van der Waals surface area contributed by atoms with Crippen LogP contribution in [0.4, 0.5) is 5.69 Å². The molecule has 0 atom stereocenters. The van der Waals surface area contributed by atoms with E-state index in [-0.39, 0.29) is 5.76 Å². The third kappa shape index (κ3) is 1.46. The van der Waals surface area contributed by atoms with Crippen molar-refractivity contribution in [1.29, 1.82) is 0 Å². The number of hydrogen-bond donors (Lipinski definition) is 2. The van der Waals surface area contributed by atoms with E-state index >= 15 is 0 Å². The molecule has 2 aromatic rings. The van der Waals surface area contributed by atoms with Crippen molar-refractivity contribution in [1.82, 2.24) is 0 Å². The number of fused-ring (bicyclic) bond motifs is 1. The van der Waals surface area contributed by atoms with Gasteiger partial charge in [0.2, 0.25) is 5.76 Å². The number of carbonyl (C=O) groups is 1. The lowest BCUT2D eigenvalue weighted by molar-refractivity contribution is 0.0977. The zero-order valence-corrected chi connectivity index (χ0v) is 9.03. The Morgan fingerprint density at radius 1 is 1.50 bits per heavy atom. The number of anilines is 1. The highest BCUT2D eigenvalue weighted by Gasteiger charge is 2.17. The Bertz CT molecular complexity index is 545. The summed E-state index contributed by atoms with van der Waals surface area (Å²) in [6.07, 6.45) is 0. The molecule has 84 valence electrons. The van der Waals surface area contributed by atoms with E-state index in [9.17, 15) is 4.79 Å². The van der Waals surface area contributed by atoms with Crippen LogP contribution in [-0.4, -0.2) is 20.1 Å². The third-order valence-corrected chi connectivity index (χ3v) is 2.37. The van der Waals surface area contributed by atoms with Gasteiger partial charge in [0.05, 0.1) is 12.8 Å². The van der Waals surface area contributed by atoms with Crippen LogP contribution in [-0.2, 0) is 0 Å². The van der Waals surface area contributed by atoms with Gasteiger partial charge in [-0.1, -0.05) is 0 Å². The molecule has 0 spiro atoms. The van der Waals surface area contributed by atoms with E-state index in [0.717, 1.165) is 5.39 Å². The van der Waals surface area contributed by atoms with Gasteiger partial charge in [-0.2, -0.15) is 0 Å². The van der Waals surface area contributed by atoms with Crippen LogP contribution in [0, 0.1) is 0 Å². The third-order valence-electron chi connectivity index (χ3n) is 2.37. The van der Waals surface area contributed by atoms with E-state index in [1.165, 1.54) is 0 Å². The summed E-state index contributed by atoms with van der Waals surface area (Å²) in [5.41, 5.74) is 6.39. The highest BCUT2D eigenvalue weighted by molar-refractivity contribution is 6.05. The molecule has 0 radical (unpaired) electrons.